The Bertz CT molecular complexity index is 505. The number of carboxylic acids is 2. The summed E-state index contributed by atoms with van der Waals surface area (Å²) >= 11 is 0. The van der Waals surface area contributed by atoms with Crippen LogP contribution >= 0.6 is 0 Å². The summed E-state index contributed by atoms with van der Waals surface area (Å²) in [4.78, 5) is 33.1. The molecule has 0 rings (SSSR count). The van der Waals surface area contributed by atoms with Gasteiger partial charge in [-0.15, -0.1) is 0 Å². The molecule has 7 heteroatoms. The number of hydrogen-bond acceptors (Lipinski definition) is 4. The third-order valence-electron chi connectivity index (χ3n) is 3.33. The van der Waals surface area contributed by atoms with Gasteiger partial charge in [0.15, 0.2) is 6.10 Å². The summed E-state index contributed by atoms with van der Waals surface area (Å²) in [6, 6.07) is 0. The van der Waals surface area contributed by atoms with Crippen LogP contribution in [0.4, 0.5) is 0 Å². The van der Waals surface area contributed by atoms with E-state index in [1.165, 1.54) is 0 Å². The highest BCUT2D eigenvalue weighted by atomic mass is 16.5. The van der Waals surface area contributed by atoms with Gasteiger partial charge in [-0.25, -0.2) is 0 Å². The average Bonchev–Trinajstić information content (AvgIpc) is 2.46. The van der Waals surface area contributed by atoms with E-state index < -0.39 is 18.0 Å². The molecule has 148 valence electrons. The highest BCUT2D eigenvalue weighted by molar-refractivity contribution is 5.71. The van der Waals surface area contributed by atoms with Crippen LogP contribution in [0.1, 0.15) is 44.9 Å². The Morgan fingerprint density at radius 3 is 2.04 bits per heavy atom. The zero-order chi connectivity index (χ0) is 20.0. The van der Waals surface area contributed by atoms with Crippen molar-refractivity contribution in [2.75, 3.05) is 27.7 Å². The Kier molecular flexibility index (Phi) is 12.0. The molecule has 0 aromatic carbocycles. The smallest absolute Gasteiger partial charge is 0.307 e. The van der Waals surface area contributed by atoms with Crippen molar-refractivity contribution in [1.82, 2.24) is 0 Å². The van der Waals surface area contributed by atoms with Gasteiger partial charge in [-0.05, 0) is 25.7 Å². The van der Waals surface area contributed by atoms with Crippen molar-refractivity contribution < 1.29 is 33.8 Å². The minimum atomic E-state index is -0.978. The molecule has 1 unspecified atom stereocenters. The summed E-state index contributed by atoms with van der Waals surface area (Å²) in [6.07, 6.45) is 10.0. The number of likely N-dealkylation sites (N-methyl/N-ethyl adjacent to an activating group) is 1. The first-order chi connectivity index (χ1) is 12.1. The standard InChI is InChI=1S/C19H31NO6/c1-20(2,3)15-16(14-18(23)24)26-19(25)13-11-9-7-5-4-6-8-10-12-17(21)22/h7-10,16H,4-6,11-15H2,1-3H3,(H-,21,22,23,24)/p+1/b9-7+,10-8+. The molecule has 0 aliphatic carbocycles. The van der Waals surface area contributed by atoms with Crippen molar-refractivity contribution in [3.05, 3.63) is 24.3 Å². The van der Waals surface area contributed by atoms with Crippen molar-refractivity contribution in [3.63, 3.8) is 0 Å². The van der Waals surface area contributed by atoms with Crippen LogP contribution in [0, 0.1) is 0 Å². The summed E-state index contributed by atoms with van der Waals surface area (Å²) in [5.74, 6) is -2.19. The molecule has 0 spiro atoms. The minimum absolute atomic E-state index is 0.0505. The predicted molar refractivity (Wildman–Crippen MR) is 98.7 cm³/mol. The van der Waals surface area contributed by atoms with Crippen molar-refractivity contribution in [3.8, 4) is 0 Å². The summed E-state index contributed by atoms with van der Waals surface area (Å²) < 4.78 is 5.82. The Morgan fingerprint density at radius 2 is 1.50 bits per heavy atom. The highest BCUT2D eigenvalue weighted by Crippen LogP contribution is 2.08. The number of rotatable bonds is 14. The van der Waals surface area contributed by atoms with Crippen LogP contribution < -0.4 is 0 Å². The molecule has 7 nitrogen and oxygen atoms in total. The molecule has 0 aromatic heterocycles. The monoisotopic (exact) mass is 370 g/mol. The number of quaternary nitrogens is 1. The van der Waals surface area contributed by atoms with Gasteiger partial charge in [0, 0.05) is 6.42 Å². The van der Waals surface area contributed by atoms with Crippen LogP contribution in [0.3, 0.4) is 0 Å². The predicted octanol–water partition coefficient (Wildman–Crippen LogP) is 2.62. The van der Waals surface area contributed by atoms with Crippen molar-refractivity contribution in [2.45, 2.75) is 51.0 Å². The molecule has 1 atom stereocenters. The van der Waals surface area contributed by atoms with Crippen molar-refractivity contribution in [1.29, 1.82) is 0 Å². The van der Waals surface area contributed by atoms with E-state index in [2.05, 4.69) is 0 Å². The van der Waals surface area contributed by atoms with Gasteiger partial charge in [-0.3, -0.25) is 14.4 Å². The maximum atomic E-state index is 11.9. The van der Waals surface area contributed by atoms with E-state index in [0.29, 0.717) is 17.4 Å². The number of hydrogen-bond donors (Lipinski definition) is 2. The van der Waals surface area contributed by atoms with Gasteiger partial charge in [-0.1, -0.05) is 24.3 Å². The Morgan fingerprint density at radius 1 is 0.923 bits per heavy atom. The number of carbonyl (C=O) groups excluding carboxylic acids is 1. The molecule has 0 fully saturated rings. The average molecular weight is 370 g/mol. The molecule has 0 bridgehead atoms. The number of allylic oxidation sites excluding steroid dienone is 3. The Hall–Kier alpha value is -2.15. The second kappa shape index (κ2) is 13.1. The first-order valence-electron chi connectivity index (χ1n) is 8.83. The van der Waals surface area contributed by atoms with Gasteiger partial charge >= 0.3 is 17.9 Å². The fourth-order valence-corrected chi connectivity index (χ4v) is 2.29. The van der Waals surface area contributed by atoms with Crippen LogP contribution in [0.25, 0.3) is 0 Å². The highest BCUT2D eigenvalue weighted by Gasteiger charge is 2.24. The molecule has 0 aliphatic heterocycles. The van der Waals surface area contributed by atoms with Crippen LogP contribution in [0.15, 0.2) is 24.3 Å². The minimum Gasteiger partial charge on any atom is -0.481 e. The van der Waals surface area contributed by atoms with Crippen molar-refractivity contribution in [2.24, 2.45) is 0 Å². The van der Waals surface area contributed by atoms with Gasteiger partial charge in [0.2, 0.25) is 0 Å². The van der Waals surface area contributed by atoms with Crippen molar-refractivity contribution >= 4 is 17.9 Å². The van der Waals surface area contributed by atoms with E-state index in [-0.39, 0.29) is 25.2 Å². The molecule has 0 heterocycles. The molecule has 0 amide bonds. The number of ether oxygens (including phenoxy) is 1. The molecule has 0 aromatic rings. The van der Waals surface area contributed by atoms with E-state index in [1.807, 2.05) is 39.4 Å². The normalized spacial score (nSPS) is 13.2. The summed E-state index contributed by atoms with van der Waals surface area (Å²) in [7, 11) is 5.76. The summed E-state index contributed by atoms with van der Waals surface area (Å²) in [5, 5.41) is 17.4. The van der Waals surface area contributed by atoms with Gasteiger partial charge in [-0.2, -0.15) is 0 Å². The van der Waals surface area contributed by atoms with E-state index >= 15 is 0 Å². The molecule has 0 saturated heterocycles. The lowest BCUT2D eigenvalue weighted by molar-refractivity contribution is -0.873. The van der Waals surface area contributed by atoms with Crippen LogP contribution in [-0.4, -0.2) is 66.4 Å². The van der Waals surface area contributed by atoms with E-state index in [9.17, 15) is 14.4 Å². The van der Waals surface area contributed by atoms with Gasteiger partial charge in [0.25, 0.3) is 0 Å². The fraction of sp³-hybridized carbons (Fsp3) is 0.632. The first kappa shape index (κ1) is 23.9. The summed E-state index contributed by atoms with van der Waals surface area (Å²) in [6.45, 7) is 0.448. The van der Waals surface area contributed by atoms with E-state index in [0.717, 1.165) is 19.3 Å². The fourth-order valence-electron chi connectivity index (χ4n) is 2.29. The molecule has 0 aliphatic rings. The lowest BCUT2D eigenvalue weighted by Gasteiger charge is -2.28. The Balaban J connectivity index is 3.99. The van der Waals surface area contributed by atoms with Gasteiger partial charge in [0.1, 0.15) is 6.54 Å². The second-order valence-electron chi connectivity index (χ2n) is 7.19. The molecular weight excluding hydrogens is 338 g/mol. The summed E-state index contributed by atoms with van der Waals surface area (Å²) in [5.41, 5.74) is 0. The lowest BCUT2D eigenvalue weighted by atomic mass is 10.2. The maximum absolute atomic E-state index is 11.9. The quantitative estimate of drug-likeness (QED) is 0.211. The number of carbonyl (C=O) groups is 3. The van der Waals surface area contributed by atoms with Gasteiger partial charge < -0.3 is 19.4 Å². The van der Waals surface area contributed by atoms with E-state index in [4.69, 9.17) is 14.9 Å². The first-order valence-corrected chi connectivity index (χ1v) is 8.83. The molecule has 0 radical (unpaired) electrons. The number of carboxylic acid groups (broad SMARTS) is 2. The lowest BCUT2D eigenvalue weighted by Crippen LogP contribution is -2.43. The third-order valence-corrected chi connectivity index (χ3v) is 3.33. The van der Waals surface area contributed by atoms with Crippen LogP contribution in [0.5, 0.6) is 0 Å². The molecule has 26 heavy (non-hydrogen) atoms. The second-order valence-corrected chi connectivity index (χ2v) is 7.19. The SMILES string of the molecule is C[N+](C)(C)CC(CC(=O)O)OC(=O)CC/C=C/CCC/C=C/CC(=O)O. The zero-order valence-corrected chi connectivity index (χ0v) is 16.0. The largest absolute Gasteiger partial charge is 0.481 e. The van der Waals surface area contributed by atoms with E-state index in [1.54, 1.807) is 6.08 Å². The number of esters is 1. The number of aliphatic carboxylic acids is 2. The maximum Gasteiger partial charge on any atom is 0.307 e. The molecule has 0 saturated carbocycles. The third kappa shape index (κ3) is 16.7. The Labute approximate surface area is 155 Å². The van der Waals surface area contributed by atoms with Gasteiger partial charge in [0.05, 0.1) is 34.0 Å². The molecular formula is C19H32NO6+. The molecule has 2 N–H and O–H groups in total. The topological polar surface area (TPSA) is 101 Å². The number of unbranched alkanes of at least 4 members (excludes halogenated alkanes) is 2. The number of nitrogens with zero attached hydrogens (tertiary/aromatic N) is 1. The van der Waals surface area contributed by atoms with Crippen LogP contribution in [-0.2, 0) is 19.1 Å². The zero-order valence-electron chi connectivity index (χ0n) is 16.0. The van der Waals surface area contributed by atoms with Crippen LogP contribution in [0.2, 0.25) is 0 Å².